The molecule has 0 atom stereocenters. The summed E-state index contributed by atoms with van der Waals surface area (Å²) in [7, 11) is 1.62. The second-order valence-corrected chi connectivity index (χ2v) is 5.64. The van der Waals surface area contributed by atoms with E-state index in [0.29, 0.717) is 24.6 Å². The van der Waals surface area contributed by atoms with Gasteiger partial charge in [0.05, 0.1) is 7.11 Å². The van der Waals surface area contributed by atoms with Gasteiger partial charge in [0.1, 0.15) is 11.4 Å². The third-order valence-corrected chi connectivity index (χ3v) is 3.84. The molecular weight excluding hydrogens is 316 g/mol. The first kappa shape index (κ1) is 16.7. The molecular formula is C19H20N4O2. The highest BCUT2D eigenvalue weighted by Gasteiger charge is 2.06. The van der Waals surface area contributed by atoms with Crippen LogP contribution in [-0.4, -0.2) is 28.8 Å². The van der Waals surface area contributed by atoms with Crippen LogP contribution in [0.1, 0.15) is 16.8 Å². The molecule has 0 aliphatic heterocycles. The van der Waals surface area contributed by atoms with Gasteiger partial charge in [-0.1, -0.05) is 42.5 Å². The van der Waals surface area contributed by atoms with Gasteiger partial charge in [0, 0.05) is 13.0 Å². The molecule has 0 fully saturated rings. The van der Waals surface area contributed by atoms with Crippen molar-refractivity contribution in [2.24, 2.45) is 0 Å². The maximum Gasteiger partial charge on any atom is 0.274 e. The van der Waals surface area contributed by atoms with E-state index in [2.05, 4.69) is 32.6 Å². The van der Waals surface area contributed by atoms with E-state index in [1.165, 1.54) is 5.56 Å². The highest BCUT2D eigenvalue weighted by molar-refractivity contribution is 5.30. The molecule has 1 aromatic heterocycles. The molecule has 6 nitrogen and oxygen atoms in total. The molecule has 0 radical (unpaired) electrons. The Morgan fingerprint density at radius 1 is 1.00 bits per heavy atom. The fourth-order valence-electron chi connectivity index (χ4n) is 2.46. The smallest absolute Gasteiger partial charge is 0.274 e. The minimum absolute atomic E-state index is 0.229. The monoisotopic (exact) mass is 336 g/mol. The number of aromatic amines is 1. The van der Waals surface area contributed by atoms with E-state index >= 15 is 0 Å². The summed E-state index contributed by atoms with van der Waals surface area (Å²) in [5.41, 5.74) is 2.36. The molecule has 1 heterocycles. The molecule has 0 saturated heterocycles. The number of nitrogens with zero attached hydrogens (tertiary/aromatic N) is 2. The Morgan fingerprint density at radius 3 is 2.44 bits per heavy atom. The molecule has 0 saturated carbocycles. The van der Waals surface area contributed by atoms with E-state index in [4.69, 9.17) is 4.74 Å². The van der Waals surface area contributed by atoms with Gasteiger partial charge >= 0.3 is 0 Å². The Kier molecular flexibility index (Phi) is 5.41. The van der Waals surface area contributed by atoms with Crippen molar-refractivity contribution in [3.8, 4) is 5.75 Å². The van der Waals surface area contributed by atoms with Crippen LogP contribution in [0.2, 0.25) is 0 Å². The average Bonchev–Trinajstić information content (AvgIpc) is 2.65. The van der Waals surface area contributed by atoms with E-state index in [1.807, 2.05) is 42.5 Å². The van der Waals surface area contributed by atoms with Gasteiger partial charge in [-0.05, 0) is 29.7 Å². The normalized spacial score (nSPS) is 10.4. The zero-order chi connectivity index (χ0) is 17.5. The van der Waals surface area contributed by atoms with Crippen LogP contribution in [0.3, 0.4) is 0 Å². The molecule has 0 amide bonds. The van der Waals surface area contributed by atoms with E-state index in [0.717, 1.165) is 17.7 Å². The van der Waals surface area contributed by atoms with Crippen molar-refractivity contribution in [2.45, 2.75) is 12.8 Å². The fourth-order valence-corrected chi connectivity index (χ4v) is 2.46. The van der Waals surface area contributed by atoms with Crippen LogP contribution in [0.4, 0.5) is 5.95 Å². The maximum atomic E-state index is 12.2. The predicted molar refractivity (Wildman–Crippen MR) is 97.1 cm³/mol. The zero-order valence-electron chi connectivity index (χ0n) is 14.0. The number of rotatable bonds is 7. The molecule has 0 unspecified atom stereocenters. The number of H-pyrrole nitrogens is 1. The van der Waals surface area contributed by atoms with Crippen LogP contribution in [0, 0.1) is 0 Å². The SMILES string of the molecule is COc1ccc(Cc2nnc(NCCc3ccccc3)[nH]c2=O)cc1. The third kappa shape index (κ3) is 4.67. The topological polar surface area (TPSA) is 79.9 Å². The summed E-state index contributed by atoms with van der Waals surface area (Å²) < 4.78 is 5.12. The number of aromatic nitrogens is 3. The summed E-state index contributed by atoms with van der Waals surface area (Å²) in [6.45, 7) is 0.673. The lowest BCUT2D eigenvalue weighted by Crippen LogP contribution is -2.20. The van der Waals surface area contributed by atoms with Gasteiger partial charge in [0.15, 0.2) is 0 Å². The highest BCUT2D eigenvalue weighted by Crippen LogP contribution is 2.12. The molecule has 2 N–H and O–H groups in total. The average molecular weight is 336 g/mol. The molecule has 3 aromatic rings. The first-order valence-electron chi connectivity index (χ1n) is 8.11. The van der Waals surface area contributed by atoms with E-state index in [1.54, 1.807) is 7.11 Å². The Morgan fingerprint density at radius 2 is 1.76 bits per heavy atom. The fraction of sp³-hybridized carbons (Fsp3) is 0.211. The van der Waals surface area contributed by atoms with Crippen LogP contribution in [0.15, 0.2) is 59.4 Å². The molecule has 128 valence electrons. The van der Waals surface area contributed by atoms with Gasteiger partial charge in [-0.2, -0.15) is 0 Å². The molecule has 0 aliphatic rings. The zero-order valence-corrected chi connectivity index (χ0v) is 14.0. The van der Waals surface area contributed by atoms with Crippen molar-refractivity contribution >= 4 is 5.95 Å². The van der Waals surface area contributed by atoms with Crippen molar-refractivity contribution in [1.29, 1.82) is 0 Å². The summed E-state index contributed by atoms with van der Waals surface area (Å²) >= 11 is 0. The Labute approximate surface area is 145 Å². The predicted octanol–water partition coefficient (Wildman–Crippen LogP) is 2.42. The van der Waals surface area contributed by atoms with Crippen molar-refractivity contribution in [2.75, 3.05) is 19.0 Å². The number of nitrogens with one attached hydrogen (secondary N) is 2. The van der Waals surface area contributed by atoms with Crippen molar-refractivity contribution in [1.82, 2.24) is 15.2 Å². The molecule has 25 heavy (non-hydrogen) atoms. The molecule has 3 rings (SSSR count). The Bertz CT molecular complexity index is 861. The first-order chi connectivity index (χ1) is 12.2. The quantitative estimate of drug-likeness (QED) is 0.693. The molecule has 0 bridgehead atoms. The molecule has 0 spiro atoms. The van der Waals surface area contributed by atoms with Gasteiger partial charge in [-0.15, -0.1) is 10.2 Å². The minimum atomic E-state index is -0.229. The highest BCUT2D eigenvalue weighted by atomic mass is 16.5. The first-order valence-corrected chi connectivity index (χ1v) is 8.11. The number of benzene rings is 2. The number of hydrogen-bond acceptors (Lipinski definition) is 5. The third-order valence-electron chi connectivity index (χ3n) is 3.84. The number of ether oxygens (including phenoxy) is 1. The molecule has 6 heteroatoms. The second kappa shape index (κ2) is 8.10. The van der Waals surface area contributed by atoms with E-state index < -0.39 is 0 Å². The lowest BCUT2D eigenvalue weighted by Gasteiger charge is -2.06. The second-order valence-electron chi connectivity index (χ2n) is 5.64. The summed E-state index contributed by atoms with van der Waals surface area (Å²) in [4.78, 5) is 14.9. The summed E-state index contributed by atoms with van der Waals surface area (Å²) in [6.07, 6.45) is 1.27. The Balaban J connectivity index is 1.59. The van der Waals surface area contributed by atoms with Gasteiger partial charge in [0.25, 0.3) is 5.56 Å². The van der Waals surface area contributed by atoms with Crippen LogP contribution < -0.4 is 15.6 Å². The van der Waals surface area contributed by atoms with E-state index in [-0.39, 0.29) is 5.56 Å². The Hall–Kier alpha value is -3.15. The van der Waals surface area contributed by atoms with Crippen molar-refractivity contribution in [3.05, 3.63) is 81.8 Å². The molecule has 2 aromatic carbocycles. The van der Waals surface area contributed by atoms with Crippen LogP contribution in [0.25, 0.3) is 0 Å². The minimum Gasteiger partial charge on any atom is -0.497 e. The standard InChI is InChI=1S/C19H20N4O2/c1-25-16-9-7-15(8-10-16)13-17-18(24)21-19(23-22-17)20-12-11-14-5-3-2-4-6-14/h2-10H,11-13H2,1H3,(H2,20,21,23,24). The summed E-state index contributed by atoms with van der Waals surface area (Å²) in [5.74, 6) is 1.17. The lowest BCUT2D eigenvalue weighted by atomic mass is 10.1. The maximum absolute atomic E-state index is 12.2. The lowest BCUT2D eigenvalue weighted by molar-refractivity contribution is 0.414. The van der Waals surface area contributed by atoms with Crippen molar-refractivity contribution < 1.29 is 4.74 Å². The summed E-state index contributed by atoms with van der Waals surface area (Å²) in [5, 5.41) is 11.2. The van der Waals surface area contributed by atoms with Gasteiger partial charge < -0.3 is 10.1 Å². The largest absolute Gasteiger partial charge is 0.497 e. The van der Waals surface area contributed by atoms with Crippen LogP contribution in [0.5, 0.6) is 5.75 Å². The van der Waals surface area contributed by atoms with Crippen molar-refractivity contribution in [3.63, 3.8) is 0 Å². The molecule has 0 aliphatic carbocycles. The van der Waals surface area contributed by atoms with E-state index in [9.17, 15) is 4.79 Å². The van der Waals surface area contributed by atoms with Gasteiger partial charge in [-0.3, -0.25) is 9.78 Å². The van der Waals surface area contributed by atoms with Crippen LogP contribution >= 0.6 is 0 Å². The van der Waals surface area contributed by atoms with Crippen LogP contribution in [-0.2, 0) is 12.8 Å². The summed E-state index contributed by atoms with van der Waals surface area (Å²) in [6, 6.07) is 17.7. The number of anilines is 1. The van der Waals surface area contributed by atoms with Gasteiger partial charge in [0.2, 0.25) is 5.95 Å². The number of hydrogen-bond donors (Lipinski definition) is 2. The van der Waals surface area contributed by atoms with Gasteiger partial charge in [-0.25, -0.2) is 0 Å². The number of methoxy groups -OCH3 is 1.